The molecule has 3 nitrogen and oxygen atoms in total. The molecule has 4 aliphatic carbocycles. The zero-order valence-corrected chi connectivity index (χ0v) is 16.7. The fourth-order valence-electron chi connectivity index (χ4n) is 7.25. The molecule has 0 aromatic carbocycles. The second-order valence-corrected chi connectivity index (χ2v) is 9.76. The number of nitrogens with zero attached hydrogens (tertiary/aromatic N) is 1. The number of hydrogen-bond acceptors (Lipinski definition) is 3. The number of aldehydes is 1. The average Bonchev–Trinajstić information content (AvgIpc) is 3.01. The number of rotatable bonds is 3. The number of hydrogen-bond donors (Lipinski definition) is 0. The molecule has 0 aromatic heterocycles. The first-order chi connectivity index (χ1) is 12.3. The minimum atomic E-state index is -0.128. The summed E-state index contributed by atoms with van der Waals surface area (Å²) in [6, 6.07) is 0.448. The van der Waals surface area contributed by atoms with E-state index in [0.717, 1.165) is 25.7 Å². The van der Waals surface area contributed by atoms with Gasteiger partial charge >= 0.3 is 0 Å². The molecule has 0 aliphatic heterocycles. The highest BCUT2D eigenvalue weighted by Gasteiger charge is 2.61. The van der Waals surface area contributed by atoms with Gasteiger partial charge in [0.25, 0.3) is 0 Å². The second kappa shape index (κ2) is 6.15. The van der Waals surface area contributed by atoms with Crippen LogP contribution >= 0.6 is 0 Å². The van der Waals surface area contributed by atoms with Gasteiger partial charge in [0.2, 0.25) is 0 Å². The van der Waals surface area contributed by atoms with Gasteiger partial charge in [-0.15, -0.1) is 0 Å². The van der Waals surface area contributed by atoms with Gasteiger partial charge in [0, 0.05) is 16.9 Å². The van der Waals surface area contributed by atoms with Crippen LogP contribution in [0.15, 0.2) is 23.8 Å². The molecule has 0 aromatic rings. The van der Waals surface area contributed by atoms with E-state index in [4.69, 9.17) is 0 Å². The molecular formula is C23H33NO2. The largest absolute Gasteiger partial charge is 0.306 e. The van der Waals surface area contributed by atoms with Crippen molar-refractivity contribution in [3.63, 3.8) is 0 Å². The molecule has 0 saturated heterocycles. The lowest BCUT2D eigenvalue weighted by Gasteiger charge is -2.57. The van der Waals surface area contributed by atoms with Gasteiger partial charge in [-0.1, -0.05) is 18.6 Å². The van der Waals surface area contributed by atoms with Crippen molar-refractivity contribution in [3.8, 4) is 0 Å². The Kier molecular flexibility index (Phi) is 4.30. The van der Waals surface area contributed by atoms with Crippen LogP contribution in [0.2, 0.25) is 0 Å². The van der Waals surface area contributed by atoms with Crippen LogP contribution in [0.25, 0.3) is 0 Å². The Morgan fingerprint density at radius 1 is 1.19 bits per heavy atom. The van der Waals surface area contributed by atoms with Gasteiger partial charge in [-0.05, 0) is 95.4 Å². The molecule has 142 valence electrons. The number of carbonyl (C=O) groups is 2. The first-order valence-electron chi connectivity index (χ1n) is 10.4. The molecule has 4 aliphatic rings. The standard InChI is InChI=1S/C23H33NO2/c1-15(24(3)4)19-7-8-21-18-6-5-16-13-17(26)9-11-22(16,2)20(18)10-12-23(19,21)14-25/h9,11,13-15,18-21H,5-8,10,12H2,1-4H3. The normalized spacial score (nSPS) is 45.6. The van der Waals surface area contributed by atoms with Crippen LogP contribution in [0.1, 0.15) is 52.4 Å². The lowest BCUT2D eigenvalue weighted by atomic mass is 9.47. The van der Waals surface area contributed by atoms with Crippen molar-refractivity contribution in [1.82, 2.24) is 4.90 Å². The van der Waals surface area contributed by atoms with E-state index < -0.39 is 0 Å². The van der Waals surface area contributed by atoms with Gasteiger partial charge in [0.05, 0.1) is 0 Å². The van der Waals surface area contributed by atoms with Gasteiger partial charge in [-0.25, -0.2) is 0 Å². The first kappa shape index (κ1) is 18.2. The maximum absolute atomic E-state index is 12.5. The zero-order chi connectivity index (χ0) is 18.7. The minimum absolute atomic E-state index is 0.0249. The van der Waals surface area contributed by atoms with Crippen molar-refractivity contribution in [2.45, 2.75) is 58.4 Å². The first-order valence-corrected chi connectivity index (χ1v) is 10.4. The number of allylic oxidation sites excluding steroid dienone is 4. The molecule has 4 rings (SSSR count). The molecule has 7 unspecified atom stereocenters. The van der Waals surface area contributed by atoms with Crippen LogP contribution in [-0.4, -0.2) is 37.1 Å². The Balaban J connectivity index is 1.67. The smallest absolute Gasteiger partial charge is 0.178 e. The van der Waals surface area contributed by atoms with E-state index in [2.05, 4.69) is 38.9 Å². The molecule has 3 heteroatoms. The Morgan fingerprint density at radius 3 is 2.65 bits per heavy atom. The summed E-state index contributed by atoms with van der Waals surface area (Å²) in [6.45, 7) is 4.63. The molecule has 3 saturated carbocycles. The maximum atomic E-state index is 12.5. The lowest BCUT2D eigenvalue weighted by molar-refractivity contribution is -0.131. The molecule has 0 radical (unpaired) electrons. The number of fused-ring (bicyclic) bond motifs is 5. The van der Waals surface area contributed by atoms with Crippen LogP contribution in [0.5, 0.6) is 0 Å². The summed E-state index contributed by atoms with van der Waals surface area (Å²) < 4.78 is 0. The van der Waals surface area contributed by atoms with Crippen molar-refractivity contribution >= 4 is 12.1 Å². The summed E-state index contributed by atoms with van der Waals surface area (Å²) in [5.41, 5.74) is 1.23. The predicted octanol–water partition coefficient (Wildman–Crippen LogP) is 4.04. The van der Waals surface area contributed by atoms with Crippen LogP contribution in [0.3, 0.4) is 0 Å². The Bertz CT molecular complexity index is 678. The van der Waals surface area contributed by atoms with Gasteiger partial charge in [0.15, 0.2) is 5.78 Å². The van der Waals surface area contributed by atoms with Gasteiger partial charge in [-0.2, -0.15) is 0 Å². The monoisotopic (exact) mass is 355 g/mol. The molecule has 0 amide bonds. The summed E-state index contributed by atoms with van der Waals surface area (Å²) in [7, 11) is 4.29. The van der Waals surface area contributed by atoms with Crippen molar-refractivity contribution in [1.29, 1.82) is 0 Å². The highest BCUT2D eigenvalue weighted by Crippen LogP contribution is 2.66. The number of ketones is 1. The SMILES string of the molecule is CC(C1CCC2C3CCC4=CC(=O)C=CC4(C)C3CCC21C=O)N(C)C. The Hall–Kier alpha value is -1.22. The van der Waals surface area contributed by atoms with E-state index in [1.165, 1.54) is 24.7 Å². The van der Waals surface area contributed by atoms with E-state index in [1.807, 2.05) is 6.08 Å². The van der Waals surface area contributed by atoms with E-state index >= 15 is 0 Å². The third kappa shape index (κ3) is 2.35. The Labute approximate surface area is 157 Å². The average molecular weight is 356 g/mol. The molecule has 0 heterocycles. The van der Waals surface area contributed by atoms with Crippen molar-refractivity contribution in [2.75, 3.05) is 14.1 Å². The van der Waals surface area contributed by atoms with E-state index in [1.54, 1.807) is 6.08 Å². The minimum Gasteiger partial charge on any atom is -0.306 e. The summed E-state index contributed by atoms with van der Waals surface area (Å²) in [6.07, 6.45) is 13.9. The summed E-state index contributed by atoms with van der Waals surface area (Å²) in [4.78, 5) is 26.7. The molecule has 26 heavy (non-hydrogen) atoms. The van der Waals surface area contributed by atoms with Crippen LogP contribution < -0.4 is 0 Å². The van der Waals surface area contributed by atoms with Crippen molar-refractivity contribution in [2.24, 2.45) is 34.5 Å². The summed E-state index contributed by atoms with van der Waals surface area (Å²) >= 11 is 0. The second-order valence-electron chi connectivity index (χ2n) is 9.76. The summed E-state index contributed by atoms with van der Waals surface area (Å²) in [5.74, 6) is 2.35. The summed E-state index contributed by atoms with van der Waals surface area (Å²) in [5, 5.41) is 0. The Morgan fingerprint density at radius 2 is 1.96 bits per heavy atom. The maximum Gasteiger partial charge on any atom is 0.178 e. The third-order valence-electron chi connectivity index (χ3n) is 8.83. The van der Waals surface area contributed by atoms with E-state index in [-0.39, 0.29) is 16.6 Å². The molecule has 3 fully saturated rings. The quantitative estimate of drug-likeness (QED) is 0.717. The third-order valence-corrected chi connectivity index (χ3v) is 8.83. The predicted molar refractivity (Wildman–Crippen MR) is 104 cm³/mol. The highest BCUT2D eigenvalue weighted by atomic mass is 16.1. The van der Waals surface area contributed by atoms with Crippen LogP contribution in [0, 0.1) is 34.5 Å². The van der Waals surface area contributed by atoms with E-state index in [0.29, 0.717) is 29.7 Å². The molecule has 0 spiro atoms. The molecule has 0 N–H and O–H groups in total. The van der Waals surface area contributed by atoms with Crippen LogP contribution in [-0.2, 0) is 9.59 Å². The van der Waals surface area contributed by atoms with Crippen LogP contribution in [0.4, 0.5) is 0 Å². The van der Waals surface area contributed by atoms with Crippen molar-refractivity contribution in [3.05, 3.63) is 23.8 Å². The lowest BCUT2D eigenvalue weighted by Crippen LogP contribution is -2.53. The van der Waals surface area contributed by atoms with Gasteiger partial charge in [0.1, 0.15) is 6.29 Å². The van der Waals surface area contributed by atoms with E-state index in [9.17, 15) is 9.59 Å². The molecule has 0 bridgehead atoms. The zero-order valence-electron chi connectivity index (χ0n) is 16.7. The van der Waals surface area contributed by atoms with Crippen molar-refractivity contribution < 1.29 is 9.59 Å². The molecular weight excluding hydrogens is 322 g/mol. The fourth-order valence-corrected chi connectivity index (χ4v) is 7.25. The topological polar surface area (TPSA) is 37.4 Å². The van der Waals surface area contributed by atoms with Gasteiger partial charge < -0.3 is 9.69 Å². The molecule has 7 atom stereocenters. The fraction of sp³-hybridized carbons (Fsp3) is 0.739. The van der Waals surface area contributed by atoms with Gasteiger partial charge in [-0.3, -0.25) is 4.79 Å². The highest BCUT2D eigenvalue weighted by molar-refractivity contribution is 6.01. The number of carbonyl (C=O) groups excluding carboxylic acids is 2.